The minimum Gasteiger partial charge on any atom is -0.494 e. The summed E-state index contributed by atoms with van der Waals surface area (Å²) in [6.07, 6.45) is 5.58. The molecule has 6 radical (unpaired) electrons. The lowest BCUT2D eigenvalue weighted by atomic mass is 9.49. The second kappa shape index (κ2) is 14.0. The molecule has 5 rings (SSSR count). The zero-order chi connectivity index (χ0) is 32.1. The van der Waals surface area contributed by atoms with Gasteiger partial charge in [0.2, 0.25) is 5.91 Å². The number of carbonyl (C=O) groups is 3. The van der Waals surface area contributed by atoms with Crippen LogP contribution >= 0.6 is 11.3 Å². The third kappa shape index (κ3) is 8.63. The van der Waals surface area contributed by atoms with Gasteiger partial charge in [0.25, 0.3) is 11.8 Å². The van der Waals surface area contributed by atoms with Crippen molar-refractivity contribution in [3.05, 3.63) is 41.0 Å². The Morgan fingerprint density at radius 3 is 2.62 bits per heavy atom. The van der Waals surface area contributed by atoms with E-state index >= 15 is 0 Å². The number of aromatic nitrogens is 3. The number of para-hydroxylation sites is 1. The molecule has 3 aromatic rings. The lowest BCUT2D eigenvalue weighted by Gasteiger charge is -2.30. The van der Waals surface area contributed by atoms with Crippen molar-refractivity contribution in [3.8, 4) is 16.3 Å². The molecule has 2 aliphatic rings. The van der Waals surface area contributed by atoms with E-state index in [-0.39, 0.29) is 34.9 Å². The van der Waals surface area contributed by atoms with Crippen molar-refractivity contribution in [2.75, 3.05) is 43.9 Å². The Labute approximate surface area is 270 Å². The summed E-state index contributed by atoms with van der Waals surface area (Å²) in [7, 11) is 18.2. The maximum atomic E-state index is 13.0. The number of thiazole rings is 1. The molecule has 228 valence electrons. The van der Waals surface area contributed by atoms with Gasteiger partial charge in [-0.2, -0.15) is 0 Å². The smallest absolute Gasteiger partial charge is 0.272 e. The highest BCUT2D eigenvalue weighted by Gasteiger charge is 2.30. The molecular weight excluding hydrogens is 589 g/mol. The number of methoxy groups -OCH3 is 1. The zero-order valence-corrected chi connectivity index (χ0v) is 26.1. The highest BCUT2D eigenvalue weighted by atomic mass is 32.1. The van der Waals surface area contributed by atoms with Crippen molar-refractivity contribution in [2.45, 2.75) is 37.8 Å². The van der Waals surface area contributed by atoms with E-state index in [1.165, 1.54) is 37.4 Å². The van der Waals surface area contributed by atoms with Gasteiger partial charge in [-0.1, -0.05) is 18.2 Å². The van der Waals surface area contributed by atoms with Crippen LogP contribution < -0.4 is 26.0 Å². The average Bonchev–Trinajstić information content (AvgIpc) is 3.73. The summed E-state index contributed by atoms with van der Waals surface area (Å²) in [5.41, 5.74) is 1.07. The number of likely N-dealkylation sites (tertiary alicyclic amines) is 1. The molecule has 1 aromatic carbocycles. The van der Waals surface area contributed by atoms with Crippen LogP contribution in [0.1, 0.15) is 52.8 Å². The van der Waals surface area contributed by atoms with Crippen LogP contribution in [0.4, 0.5) is 17.2 Å². The van der Waals surface area contributed by atoms with Crippen molar-refractivity contribution < 1.29 is 19.1 Å². The molecule has 1 saturated carbocycles. The second-order valence-electron chi connectivity index (χ2n) is 11.5. The van der Waals surface area contributed by atoms with Crippen molar-refractivity contribution in [3.63, 3.8) is 0 Å². The van der Waals surface area contributed by atoms with E-state index in [0.29, 0.717) is 39.3 Å². The number of carbonyl (C=O) groups excluding carboxylic acids is 3. The number of piperidine rings is 1. The molecule has 1 aliphatic carbocycles. The molecule has 4 N–H and O–H groups in total. The van der Waals surface area contributed by atoms with Gasteiger partial charge in [-0.25, -0.2) is 4.98 Å². The number of hydrogen-bond donors (Lipinski definition) is 4. The highest BCUT2D eigenvalue weighted by molar-refractivity contribution is 7.17. The fourth-order valence-corrected chi connectivity index (χ4v) is 5.98. The van der Waals surface area contributed by atoms with E-state index in [0.717, 1.165) is 32.5 Å². The predicted molar refractivity (Wildman–Crippen MR) is 175 cm³/mol. The Morgan fingerprint density at radius 2 is 1.91 bits per heavy atom. The van der Waals surface area contributed by atoms with Crippen molar-refractivity contribution >= 4 is 69.8 Å². The fraction of sp³-hybridized carbons (Fsp3) is 0.448. The van der Waals surface area contributed by atoms with Crippen LogP contribution in [-0.2, 0) is 4.79 Å². The third-order valence-corrected chi connectivity index (χ3v) is 8.47. The molecule has 12 nitrogen and oxygen atoms in total. The van der Waals surface area contributed by atoms with Crippen LogP contribution in [-0.4, -0.2) is 99.9 Å². The average molecular weight is 622 g/mol. The first-order valence-corrected chi connectivity index (χ1v) is 15.6. The van der Waals surface area contributed by atoms with Crippen molar-refractivity contribution in [1.82, 2.24) is 30.7 Å². The molecule has 16 heteroatoms. The standard InChI is InChI=1S/C29H33B3N8O4S/c1-16-5-4-11-40(15-16)12-10-33-26(42)21-14-34-28(45-21)18-6-3-7-19(24(18)44-2)35-20-13-22(36-25(41)17-8-9-17)38-39-23(20)27(43)37-29(30,31)32/h3,6-7,13-14,16-17H,4-5,8-12,15H2,1-2H3,(H,33,42)(H,37,43)(H2,35,36,38,41). The Kier molecular flexibility index (Phi) is 10.1. The maximum Gasteiger partial charge on any atom is 0.272 e. The minimum absolute atomic E-state index is 0.0703. The topological polar surface area (TPSA) is 150 Å². The molecule has 0 spiro atoms. The Balaban J connectivity index is 1.35. The molecule has 2 aromatic heterocycles. The number of anilines is 3. The molecule has 45 heavy (non-hydrogen) atoms. The van der Waals surface area contributed by atoms with Gasteiger partial charge >= 0.3 is 0 Å². The van der Waals surface area contributed by atoms with E-state index in [1.807, 2.05) is 6.07 Å². The van der Waals surface area contributed by atoms with Gasteiger partial charge in [0.15, 0.2) is 17.3 Å². The zero-order valence-electron chi connectivity index (χ0n) is 25.3. The molecular formula is C29H33B3N8O4S. The predicted octanol–water partition coefficient (Wildman–Crippen LogP) is 2.01. The number of nitrogens with zero attached hydrogens (tertiary/aromatic N) is 4. The number of amides is 3. The van der Waals surface area contributed by atoms with E-state index < -0.39 is 11.1 Å². The number of hydrogen-bond acceptors (Lipinski definition) is 10. The van der Waals surface area contributed by atoms with Gasteiger partial charge in [0.05, 0.1) is 53.8 Å². The monoisotopic (exact) mass is 622 g/mol. The molecule has 1 aliphatic heterocycles. The first kappa shape index (κ1) is 32.5. The SMILES string of the molecule is [B]C([B])([B])NC(=O)c1nnc(NC(=O)C2CC2)cc1Nc1cccc(-c2ncc(C(=O)NCCN3CCCC(C)C3)s2)c1OC. The highest BCUT2D eigenvalue weighted by Crippen LogP contribution is 2.40. The van der Waals surface area contributed by atoms with Gasteiger partial charge in [-0.05, 0) is 50.3 Å². The molecule has 1 saturated heterocycles. The fourth-order valence-electron chi connectivity index (χ4n) is 5.12. The van der Waals surface area contributed by atoms with Crippen molar-refractivity contribution in [2.24, 2.45) is 11.8 Å². The summed E-state index contributed by atoms with van der Waals surface area (Å²) >= 11 is 1.24. The number of rotatable bonds is 12. The van der Waals surface area contributed by atoms with Gasteiger partial charge in [0, 0.05) is 31.6 Å². The molecule has 1 unspecified atom stereocenters. The number of nitrogens with one attached hydrogen (secondary N) is 4. The summed E-state index contributed by atoms with van der Waals surface area (Å²) in [4.78, 5) is 45.6. The number of ether oxygens (including phenoxy) is 1. The quantitative estimate of drug-likeness (QED) is 0.223. The van der Waals surface area contributed by atoms with Crippen LogP contribution in [0.5, 0.6) is 5.75 Å². The van der Waals surface area contributed by atoms with E-state index in [4.69, 9.17) is 28.3 Å². The Bertz CT molecular complexity index is 1560. The minimum atomic E-state index is -2.01. The number of benzene rings is 1. The summed E-state index contributed by atoms with van der Waals surface area (Å²) in [5, 5.41) is 17.7. The second-order valence-corrected chi connectivity index (χ2v) is 12.5. The Hall–Kier alpha value is -3.91. The summed E-state index contributed by atoms with van der Waals surface area (Å²) in [5.74, 6) is -0.0118. The van der Waals surface area contributed by atoms with Crippen LogP contribution in [0.2, 0.25) is 0 Å². The summed E-state index contributed by atoms with van der Waals surface area (Å²) < 4.78 is 5.76. The molecule has 3 heterocycles. The first-order valence-electron chi connectivity index (χ1n) is 14.8. The third-order valence-electron chi connectivity index (χ3n) is 7.44. The molecule has 2 fully saturated rings. The van der Waals surface area contributed by atoms with Gasteiger partial charge < -0.3 is 30.9 Å². The largest absolute Gasteiger partial charge is 0.494 e. The maximum absolute atomic E-state index is 13.0. The Morgan fingerprint density at radius 1 is 1.11 bits per heavy atom. The molecule has 0 bridgehead atoms. The van der Waals surface area contributed by atoms with Gasteiger partial charge in [-0.15, -0.1) is 21.5 Å². The molecule has 1 atom stereocenters. The van der Waals surface area contributed by atoms with E-state index in [1.54, 1.807) is 18.3 Å². The molecule has 3 amide bonds. The van der Waals surface area contributed by atoms with Crippen LogP contribution in [0.15, 0.2) is 30.5 Å². The normalized spacial score (nSPS) is 16.9. The van der Waals surface area contributed by atoms with E-state index in [9.17, 15) is 14.4 Å². The summed E-state index contributed by atoms with van der Waals surface area (Å²) in [6, 6.07) is 6.79. The van der Waals surface area contributed by atoms with E-state index in [2.05, 4.69) is 48.3 Å². The lowest BCUT2D eigenvalue weighted by molar-refractivity contribution is -0.117. The first-order chi connectivity index (χ1) is 21.5. The summed E-state index contributed by atoms with van der Waals surface area (Å²) in [6.45, 7) is 5.73. The van der Waals surface area contributed by atoms with Crippen LogP contribution in [0.25, 0.3) is 10.6 Å². The van der Waals surface area contributed by atoms with Crippen molar-refractivity contribution in [1.29, 1.82) is 0 Å². The van der Waals surface area contributed by atoms with Gasteiger partial charge in [0.1, 0.15) is 9.88 Å². The van der Waals surface area contributed by atoms with Gasteiger partial charge in [-0.3, -0.25) is 14.4 Å². The van der Waals surface area contributed by atoms with Crippen LogP contribution in [0.3, 0.4) is 0 Å². The van der Waals surface area contributed by atoms with Crippen LogP contribution in [0, 0.1) is 11.8 Å². The lowest BCUT2D eigenvalue weighted by Crippen LogP contribution is -2.50.